The zero-order valence-corrected chi connectivity index (χ0v) is 17.9. The SMILES string of the molecule is Cc1ccc(-c2cc(C(C)(C)C)ccc2-c2ccc(C(C)(C)C)cc2)cc1. The van der Waals surface area contributed by atoms with Crippen molar-refractivity contribution < 1.29 is 0 Å². The standard InChI is InChI=1S/C27H32/c1-19-8-10-21(11-9-19)25-18-23(27(5,6)7)16-17-24(25)20-12-14-22(15-13-20)26(2,3)4/h8-18H,1-7H3. The third-order valence-electron chi connectivity index (χ3n) is 5.31. The van der Waals surface area contributed by atoms with Gasteiger partial charge in [0.25, 0.3) is 0 Å². The summed E-state index contributed by atoms with van der Waals surface area (Å²) < 4.78 is 0. The van der Waals surface area contributed by atoms with Gasteiger partial charge in [-0.2, -0.15) is 0 Å². The second-order valence-electron chi connectivity index (χ2n) is 9.70. The van der Waals surface area contributed by atoms with Crippen LogP contribution in [0.4, 0.5) is 0 Å². The summed E-state index contributed by atoms with van der Waals surface area (Å²) in [5, 5.41) is 0. The van der Waals surface area contributed by atoms with Gasteiger partial charge in [-0.1, -0.05) is 114 Å². The van der Waals surface area contributed by atoms with E-state index in [-0.39, 0.29) is 10.8 Å². The van der Waals surface area contributed by atoms with Crippen molar-refractivity contribution >= 4 is 0 Å². The van der Waals surface area contributed by atoms with Crippen LogP contribution < -0.4 is 0 Å². The molecule has 3 rings (SSSR count). The maximum Gasteiger partial charge on any atom is -0.0102 e. The first-order valence-corrected chi connectivity index (χ1v) is 9.88. The molecule has 0 atom stereocenters. The summed E-state index contributed by atoms with van der Waals surface area (Å²) in [6.07, 6.45) is 0. The Kier molecular flexibility index (Phi) is 5.04. The molecule has 0 nitrogen and oxygen atoms in total. The first kappa shape index (κ1) is 19.4. The minimum absolute atomic E-state index is 0.133. The summed E-state index contributed by atoms with van der Waals surface area (Å²) in [5.41, 5.74) is 9.51. The molecular weight excluding hydrogens is 324 g/mol. The van der Waals surface area contributed by atoms with Crippen LogP contribution in [0.2, 0.25) is 0 Å². The molecule has 0 N–H and O–H groups in total. The molecular formula is C27H32. The van der Waals surface area contributed by atoms with E-state index in [0.29, 0.717) is 0 Å². The van der Waals surface area contributed by atoms with Crippen molar-refractivity contribution in [2.24, 2.45) is 0 Å². The first-order chi connectivity index (χ1) is 12.6. The van der Waals surface area contributed by atoms with Gasteiger partial charge in [-0.3, -0.25) is 0 Å². The van der Waals surface area contributed by atoms with Crippen LogP contribution in [0, 0.1) is 6.92 Å². The van der Waals surface area contributed by atoms with Crippen LogP contribution in [0.5, 0.6) is 0 Å². The Morgan fingerprint density at radius 2 is 0.926 bits per heavy atom. The quantitative estimate of drug-likeness (QED) is 0.437. The Morgan fingerprint density at radius 1 is 0.481 bits per heavy atom. The van der Waals surface area contributed by atoms with E-state index < -0.39 is 0 Å². The van der Waals surface area contributed by atoms with E-state index in [1.807, 2.05) is 0 Å². The lowest BCUT2D eigenvalue weighted by molar-refractivity contribution is 0.590. The van der Waals surface area contributed by atoms with Crippen LogP contribution in [-0.2, 0) is 10.8 Å². The molecule has 0 aromatic heterocycles. The molecule has 0 unspecified atom stereocenters. The third kappa shape index (κ3) is 4.33. The molecule has 27 heavy (non-hydrogen) atoms. The van der Waals surface area contributed by atoms with Gasteiger partial charge in [-0.25, -0.2) is 0 Å². The van der Waals surface area contributed by atoms with Crippen molar-refractivity contribution in [3.63, 3.8) is 0 Å². The summed E-state index contributed by atoms with van der Waals surface area (Å²) in [5.74, 6) is 0. The summed E-state index contributed by atoms with van der Waals surface area (Å²) in [6, 6.07) is 24.9. The minimum Gasteiger partial charge on any atom is -0.0587 e. The number of benzene rings is 3. The largest absolute Gasteiger partial charge is 0.0587 e. The molecule has 0 heteroatoms. The van der Waals surface area contributed by atoms with E-state index in [9.17, 15) is 0 Å². The molecule has 3 aromatic carbocycles. The van der Waals surface area contributed by atoms with Crippen LogP contribution in [0.3, 0.4) is 0 Å². The molecule has 0 bridgehead atoms. The van der Waals surface area contributed by atoms with Crippen molar-refractivity contribution in [3.05, 3.63) is 83.4 Å². The van der Waals surface area contributed by atoms with Crippen LogP contribution in [-0.4, -0.2) is 0 Å². The molecule has 0 aliphatic carbocycles. The molecule has 0 fully saturated rings. The van der Waals surface area contributed by atoms with E-state index >= 15 is 0 Å². The van der Waals surface area contributed by atoms with E-state index in [1.165, 1.54) is 38.9 Å². The van der Waals surface area contributed by atoms with Crippen LogP contribution in [0.15, 0.2) is 66.7 Å². The van der Waals surface area contributed by atoms with Crippen molar-refractivity contribution in [3.8, 4) is 22.3 Å². The molecule has 0 amide bonds. The highest BCUT2D eigenvalue weighted by atomic mass is 14.2. The number of hydrogen-bond acceptors (Lipinski definition) is 0. The third-order valence-corrected chi connectivity index (χ3v) is 5.31. The molecule has 3 aromatic rings. The number of hydrogen-bond donors (Lipinski definition) is 0. The predicted octanol–water partition coefficient (Wildman–Crippen LogP) is 7.92. The van der Waals surface area contributed by atoms with Gasteiger partial charge in [0, 0.05) is 0 Å². The average molecular weight is 357 g/mol. The van der Waals surface area contributed by atoms with E-state index in [0.717, 1.165) is 0 Å². The molecule has 0 radical (unpaired) electrons. The van der Waals surface area contributed by atoms with Crippen molar-refractivity contribution in [2.75, 3.05) is 0 Å². The lowest BCUT2D eigenvalue weighted by Gasteiger charge is -2.23. The van der Waals surface area contributed by atoms with Gasteiger partial charge < -0.3 is 0 Å². The Balaban J connectivity index is 2.16. The molecule has 0 spiro atoms. The van der Waals surface area contributed by atoms with Gasteiger partial charge in [-0.05, 0) is 51.1 Å². The zero-order chi connectivity index (χ0) is 19.8. The van der Waals surface area contributed by atoms with Gasteiger partial charge in [0.2, 0.25) is 0 Å². The highest BCUT2D eigenvalue weighted by molar-refractivity contribution is 5.84. The first-order valence-electron chi connectivity index (χ1n) is 9.88. The Labute approximate surface area is 165 Å². The normalized spacial score (nSPS) is 12.3. The summed E-state index contributed by atoms with van der Waals surface area (Å²) >= 11 is 0. The van der Waals surface area contributed by atoms with Crippen molar-refractivity contribution in [1.29, 1.82) is 0 Å². The maximum absolute atomic E-state index is 2.37. The minimum atomic E-state index is 0.133. The molecule has 140 valence electrons. The maximum atomic E-state index is 2.37. The fourth-order valence-corrected chi connectivity index (χ4v) is 3.38. The van der Waals surface area contributed by atoms with E-state index in [4.69, 9.17) is 0 Å². The van der Waals surface area contributed by atoms with Crippen molar-refractivity contribution in [2.45, 2.75) is 59.3 Å². The van der Waals surface area contributed by atoms with Gasteiger partial charge in [-0.15, -0.1) is 0 Å². The van der Waals surface area contributed by atoms with Gasteiger partial charge in [0.1, 0.15) is 0 Å². The smallest absolute Gasteiger partial charge is 0.0102 e. The Morgan fingerprint density at radius 3 is 1.44 bits per heavy atom. The fraction of sp³-hybridized carbons (Fsp3) is 0.333. The summed E-state index contributed by atoms with van der Waals surface area (Å²) in [7, 11) is 0. The van der Waals surface area contributed by atoms with Crippen LogP contribution in [0.1, 0.15) is 58.2 Å². The lowest BCUT2D eigenvalue weighted by Crippen LogP contribution is -2.11. The fourth-order valence-electron chi connectivity index (χ4n) is 3.38. The van der Waals surface area contributed by atoms with E-state index in [2.05, 4.69) is 115 Å². The zero-order valence-electron chi connectivity index (χ0n) is 17.9. The summed E-state index contributed by atoms with van der Waals surface area (Å²) in [4.78, 5) is 0. The van der Waals surface area contributed by atoms with Gasteiger partial charge >= 0.3 is 0 Å². The molecule has 0 heterocycles. The molecule has 0 saturated heterocycles. The lowest BCUT2D eigenvalue weighted by atomic mass is 9.82. The Hall–Kier alpha value is -2.34. The topological polar surface area (TPSA) is 0 Å². The van der Waals surface area contributed by atoms with Crippen LogP contribution >= 0.6 is 0 Å². The Bertz CT molecular complexity index is 912. The molecule has 0 saturated carbocycles. The predicted molar refractivity (Wildman–Crippen MR) is 119 cm³/mol. The second-order valence-corrected chi connectivity index (χ2v) is 9.70. The monoisotopic (exact) mass is 356 g/mol. The van der Waals surface area contributed by atoms with E-state index in [1.54, 1.807) is 0 Å². The number of aryl methyl sites for hydroxylation is 1. The highest BCUT2D eigenvalue weighted by Gasteiger charge is 2.18. The van der Waals surface area contributed by atoms with Gasteiger partial charge in [0.15, 0.2) is 0 Å². The summed E-state index contributed by atoms with van der Waals surface area (Å²) in [6.45, 7) is 15.8. The van der Waals surface area contributed by atoms with Gasteiger partial charge in [0.05, 0.1) is 0 Å². The van der Waals surface area contributed by atoms with Crippen LogP contribution in [0.25, 0.3) is 22.3 Å². The van der Waals surface area contributed by atoms with Crippen molar-refractivity contribution in [1.82, 2.24) is 0 Å². The second kappa shape index (κ2) is 7.00. The molecule has 0 aliphatic rings. The average Bonchev–Trinajstić information content (AvgIpc) is 2.60. The molecule has 0 aliphatic heterocycles. The highest BCUT2D eigenvalue weighted by Crippen LogP contribution is 2.37. The number of rotatable bonds is 2.